The zero-order valence-corrected chi connectivity index (χ0v) is 13.9. The standard InChI is InChI=1S/C18H17N3O4/c1-22-14-4-3-11-7-13(10-24-15(11)9-14)18-20-17(21-25-18)12-5-6-19-16(8-12)23-2/h3-6,8-9,13H,7,10H2,1-2H3. The van der Waals surface area contributed by atoms with Crippen molar-refractivity contribution in [2.45, 2.75) is 12.3 Å². The highest BCUT2D eigenvalue weighted by Crippen LogP contribution is 2.34. The number of benzene rings is 1. The molecule has 0 amide bonds. The molecule has 0 N–H and O–H groups in total. The average molecular weight is 339 g/mol. The van der Waals surface area contributed by atoms with E-state index in [0.717, 1.165) is 29.0 Å². The van der Waals surface area contributed by atoms with Gasteiger partial charge in [-0.25, -0.2) is 4.98 Å². The Balaban J connectivity index is 1.56. The smallest absolute Gasteiger partial charge is 0.233 e. The van der Waals surface area contributed by atoms with Crippen molar-refractivity contribution in [3.05, 3.63) is 48.0 Å². The first kappa shape index (κ1) is 15.4. The summed E-state index contributed by atoms with van der Waals surface area (Å²) in [4.78, 5) is 8.60. The van der Waals surface area contributed by atoms with Gasteiger partial charge in [0.25, 0.3) is 0 Å². The summed E-state index contributed by atoms with van der Waals surface area (Å²) in [6, 6.07) is 9.41. The highest BCUT2D eigenvalue weighted by Gasteiger charge is 2.27. The van der Waals surface area contributed by atoms with Gasteiger partial charge in [0.05, 0.1) is 20.1 Å². The maximum Gasteiger partial charge on any atom is 0.233 e. The summed E-state index contributed by atoms with van der Waals surface area (Å²) in [7, 11) is 3.21. The molecule has 0 fully saturated rings. The van der Waals surface area contributed by atoms with Crippen LogP contribution in [-0.2, 0) is 6.42 Å². The van der Waals surface area contributed by atoms with E-state index in [1.165, 1.54) is 0 Å². The van der Waals surface area contributed by atoms with Crippen molar-refractivity contribution in [1.82, 2.24) is 15.1 Å². The summed E-state index contributed by atoms with van der Waals surface area (Å²) < 4.78 is 21.7. The Labute approximate surface area is 144 Å². The van der Waals surface area contributed by atoms with Crippen LogP contribution in [0.1, 0.15) is 17.4 Å². The van der Waals surface area contributed by atoms with Gasteiger partial charge < -0.3 is 18.7 Å². The fourth-order valence-electron chi connectivity index (χ4n) is 2.82. The molecule has 128 valence electrons. The molecule has 2 aromatic heterocycles. The van der Waals surface area contributed by atoms with Crippen molar-refractivity contribution in [1.29, 1.82) is 0 Å². The number of pyridine rings is 1. The second-order valence-corrected chi connectivity index (χ2v) is 5.73. The molecule has 3 aromatic rings. The van der Waals surface area contributed by atoms with Crippen molar-refractivity contribution in [2.24, 2.45) is 0 Å². The first-order valence-corrected chi connectivity index (χ1v) is 7.90. The van der Waals surface area contributed by atoms with Crippen LogP contribution < -0.4 is 14.2 Å². The first-order valence-electron chi connectivity index (χ1n) is 7.90. The van der Waals surface area contributed by atoms with Crippen LogP contribution in [0, 0.1) is 0 Å². The van der Waals surface area contributed by atoms with Crippen molar-refractivity contribution < 1.29 is 18.7 Å². The van der Waals surface area contributed by atoms with Crippen LogP contribution in [0.25, 0.3) is 11.4 Å². The van der Waals surface area contributed by atoms with Gasteiger partial charge in [-0.05, 0) is 24.1 Å². The average Bonchev–Trinajstić information content (AvgIpc) is 3.17. The third kappa shape index (κ3) is 3.00. The van der Waals surface area contributed by atoms with E-state index in [2.05, 4.69) is 15.1 Å². The number of rotatable bonds is 4. The summed E-state index contributed by atoms with van der Waals surface area (Å²) in [6.07, 6.45) is 2.43. The van der Waals surface area contributed by atoms with Gasteiger partial charge >= 0.3 is 0 Å². The number of methoxy groups -OCH3 is 2. The summed E-state index contributed by atoms with van der Waals surface area (Å²) in [6.45, 7) is 0.488. The highest BCUT2D eigenvalue weighted by atomic mass is 16.5. The molecule has 7 nitrogen and oxygen atoms in total. The van der Waals surface area contributed by atoms with Gasteiger partial charge in [0, 0.05) is 23.9 Å². The first-order chi connectivity index (χ1) is 12.3. The van der Waals surface area contributed by atoms with Gasteiger partial charge in [0.2, 0.25) is 17.6 Å². The lowest BCUT2D eigenvalue weighted by Gasteiger charge is -2.23. The van der Waals surface area contributed by atoms with Gasteiger partial charge in [-0.3, -0.25) is 0 Å². The Hall–Kier alpha value is -3.09. The maximum absolute atomic E-state index is 5.85. The molecule has 1 aliphatic heterocycles. The topological polar surface area (TPSA) is 79.5 Å². The molecule has 0 aliphatic carbocycles. The molecule has 0 radical (unpaired) electrons. The number of aromatic nitrogens is 3. The second-order valence-electron chi connectivity index (χ2n) is 5.73. The Kier molecular flexibility index (Phi) is 3.97. The monoisotopic (exact) mass is 339 g/mol. The van der Waals surface area contributed by atoms with Crippen molar-refractivity contribution >= 4 is 0 Å². The van der Waals surface area contributed by atoms with Crippen molar-refractivity contribution in [3.8, 4) is 28.8 Å². The lowest BCUT2D eigenvalue weighted by atomic mass is 9.96. The molecular weight excluding hydrogens is 322 g/mol. The van der Waals surface area contributed by atoms with Gasteiger partial charge in [0.1, 0.15) is 18.1 Å². The predicted molar refractivity (Wildman–Crippen MR) is 89.0 cm³/mol. The van der Waals surface area contributed by atoms with Crippen LogP contribution in [0.5, 0.6) is 17.4 Å². The Bertz CT molecular complexity index is 894. The predicted octanol–water partition coefficient (Wildman–Crippen LogP) is 2.87. The fraction of sp³-hybridized carbons (Fsp3) is 0.278. The van der Waals surface area contributed by atoms with Crippen molar-refractivity contribution in [2.75, 3.05) is 20.8 Å². The van der Waals surface area contributed by atoms with E-state index in [1.807, 2.05) is 24.3 Å². The van der Waals surface area contributed by atoms with Crippen molar-refractivity contribution in [3.63, 3.8) is 0 Å². The van der Waals surface area contributed by atoms with Gasteiger partial charge in [-0.2, -0.15) is 4.98 Å². The highest BCUT2D eigenvalue weighted by molar-refractivity contribution is 5.55. The third-order valence-electron chi connectivity index (χ3n) is 4.17. The van der Waals surface area contributed by atoms with Crippen LogP contribution in [0.2, 0.25) is 0 Å². The van der Waals surface area contributed by atoms with Gasteiger partial charge in [-0.15, -0.1) is 0 Å². The lowest BCUT2D eigenvalue weighted by Crippen LogP contribution is -2.19. The van der Waals surface area contributed by atoms with Crippen LogP contribution in [-0.4, -0.2) is 36.0 Å². The normalized spacial score (nSPS) is 16.0. The van der Waals surface area contributed by atoms with Crippen LogP contribution in [0.4, 0.5) is 0 Å². The van der Waals surface area contributed by atoms with E-state index in [1.54, 1.807) is 26.5 Å². The maximum atomic E-state index is 5.85. The number of hydrogen-bond donors (Lipinski definition) is 0. The zero-order valence-electron chi connectivity index (χ0n) is 13.9. The zero-order chi connectivity index (χ0) is 17.2. The largest absolute Gasteiger partial charge is 0.497 e. The van der Waals surface area contributed by atoms with E-state index < -0.39 is 0 Å². The molecule has 1 aromatic carbocycles. The third-order valence-corrected chi connectivity index (χ3v) is 4.17. The molecule has 3 heterocycles. The Morgan fingerprint density at radius 3 is 2.88 bits per heavy atom. The molecule has 1 unspecified atom stereocenters. The van der Waals surface area contributed by atoms with Gasteiger partial charge in [0.15, 0.2) is 0 Å². The van der Waals surface area contributed by atoms with Crippen LogP contribution in [0.3, 0.4) is 0 Å². The molecule has 0 saturated heterocycles. The van der Waals surface area contributed by atoms with E-state index in [4.69, 9.17) is 18.7 Å². The number of hydrogen-bond acceptors (Lipinski definition) is 7. The molecule has 7 heteroatoms. The molecule has 1 aliphatic rings. The van der Waals surface area contributed by atoms with E-state index in [9.17, 15) is 0 Å². The summed E-state index contributed by atoms with van der Waals surface area (Å²) in [5.74, 6) is 3.22. The lowest BCUT2D eigenvalue weighted by molar-refractivity contribution is 0.229. The van der Waals surface area contributed by atoms with E-state index in [0.29, 0.717) is 24.2 Å². The molecule has 0 saturated carbocycles. The molecule has 0 bridgehead atoms. The second kappa shape index (κ2) is 6.43. The molecule has 1 atom stereocenters. The van der Waals surface area contributed by atoms with E-state index in [-0.39, 0.29) is 5.92 Å². The Morgan fingerprint density at radius 2 is 2.04 bits per heavy atom. The van der Waals surface area contributed by atoms with E-state index >= 15 is 0 Å². The minimum atomic E-state index is 0.0193. The SMILES string of the molecule is COc1ccc2c(c1)OCC(c1nc(-c3ccnc(OC)c3)no1)C2. The summed E-state index contributed by atoms with van der Waals surface area (Å²) in [5.41, 5.74) is 1.89. The van der Waals surface area contributed by atoms with Crippen LogP contribution >= 0.6 is 0 Å². The fourth-order valence-corrected chi connectivity index (χ4v) is 2.82. The quantitative estimate of drug-likeness (QED) is 0.723. The number of nitrogens with zero attached hydrogens (tertiary/aromatic N) is 3. The summed E-state index contributed by atoms with van der Waals surface area (Å²) in [5, 5.41) is 4.08. The molecule has 0 spiro atoms. The number of fused-ring (bicyclic) bond motifs is 1. The molecular formula is C18H17N3O4. The molecule has 25 heavy (non-hydrogen) atoms. The van der Waals surface area contributed by atoms with Gasteiger partial charge in [-0.1, -0.05) is 11.2 Å². The number of ether oxygens (including phenoxy) is 3. The molecule has 4 rings (SSSR count). The summed E-state index contributed by atoms with van der Waals surface area (Å²) >= 11 is 0. The minimum Gasteiger partial charge on any atom is -0.497 e. The Morgan fingerprint density at radius 1 is 1.12 bits per heavy atom. The van der Waals surface area contributed by atoms with Crippen LogP contribution in [0.15, 0.2) is 41.1 Å². The minimum absolute atomic E-state index is 0.0193.